The highest BCUT2D eigenvalue weighted by atomic mass is 16.5. The predicted molar refractivity (Wildman–Crippen MR) is 54.0 cm³/mol. The first-order valence-corrected chi connectivity index (χ1v) is 4.13. The average Bonchev–Trinajstić information content (AvgIpc) is 2.46. The fourth-order valence-electron chi connectivity index (χ4n) is 1.50. The summed E-state index contributed by atoms with van der Waals surface area (Å²) in [4.78, 5) is 3.10. The van der Waals surface area contributed by atoms with Gasteiger partial charge < -0.3 is 15.5 Å². The van der Waals surface area contributed by atoms with Crippen LogP contribution in [0.2, 0.25) is 0 Å². The molecule has 0 fully saturated rings. The number of aromatic nitrogens is 1. The summed E-state index contributed by atoms with van der Waals surface area (Å²) >= 11 is 0. The third-order valence-electron chi connectivity index (χ3n) is 2.23. The van der Waals surface area contributed by atoms with E-state index in [9.17, 15) is 0 Å². The standard InChI is InChI=1S/C10H12N2O/c1-6-3-9-7(4-10(6)13-2)8(11)5-12-9/h3-5,12H,11H2,1-2H3. The maximum atomic E-state index is 5.76. The Hall–Kier alpha value is -1.64. The van der Waals surface area contributed by atoms with Crippen molar-refractivity contribution in [2.24, 2.45) is 0 Å². The van der Waals surface area contributed by atoms with E-state index in [0.717, 1.165) is 27.9 Å². The van der Waals surface area contributed by atoms with Crippen LogP contribution >= 0.6 is 0 Å². The largest absolute Gasteiger partial charge is 0.496 e. The van der Waals surface area contributed by atoms with E-state index in [1.54, 1.807) is 13.3 Å². The number of ether oxygens (including phenoxy) is 1. The molecule has 3 nitrogen and oxygen atoms in total. The number of nitrogens with two attached hydrogens (primary N) is 1. The molecular weight excluding hydrogens is 164 g/mol. The van der Waals surface area contributed by atoms with Gasteiger partial charge in [-0.15, -0.1) is 0 Å². The lowest BCUT2D eigenvalue weighted by atomic mass is 10.1. The minimum Gasteiger partial charge on any atom is -0.496 e. The first-order valence-electron chi connectivity index (χ1n) is 4.13. The van der Waals surface area contributed by atoms with Gasteiger partial charge in [-0.1, -0.05) is 0 Å². The Morgan fingerprint density at radius 2 is 2.15 bits per heavy atom. The van der Waals surface area contributed by atoms with Crippen LogP contribution in [0.15, 0.2) is 18.3 Å². The summed E-state index contributed by atoms with van der Waals surface area (Å²) < 4.78 is 5.21. The third-order valence-corrected chi connectivity index (χ3v) is 2.23. The number of nitrogens with one attached hydrogen (secondary N) is 1. The lowest BCUT2D eigenvalue weighted by molar-refractivity contribution is 0.412. The van der Waals surface area contributed by atoms with Crippen LogP contribution in [0.4, 0.5) is 5.69 Å². The fraction of sp³-hybridized carbons (Fsp3) is 0.200. The Balaban J connectivity index is 2.77. The molecule has 0 radical (unpaired) electrons. The maximum Gasteiger partial charge on any atom is 0.122 e. The van der Waals surface area contributed by atoms with Gasteiger partial charge in [0, 0.05) is 17.1 Å². The number of nitrogen functional groups attached to an aromatic ring is 1. The van der Waals surface area contributed by atoms with Gasteiger partial charge in [0.1, 0.15) is 5.75 Å². The summed E-state index contributed by atoms with van der Waals surface area (Å²) in [5, 5.41) is 1.02. The smallest absolute Gasteiger partial charge is 0.122 e. The van der Waals surface area contributed by atoms with E-state index in [1.165, 1.54) is 0 Å². The van der Waals surface area contributed by atoms with Gasteiger partial charge in [-0.2, -0.15) is 0 Å². The van der Waals surface area contributed by atoms with Crippen molar-refractivity contribution in [3.05, 3.63) is 23.9 Å². The van der Waals surface area contributed by atoms with Crippen molar-refractivity contribution in [2.45, 2.75) is 6.92 Å². The first-order chi connectivity index (χ1) is 6.22. The topological polar surface area (TPSA) is 51.0 Å². The predicted octanol–water partition coefficient (Wildman–Crippen LogP) is 2.07. The lowest BCUT2D eigenvalue weighted by Gasteiger charge is -2.04. The molecular formula is C10H12N2O. The molecule has 0 spiro atoms. The van der Waals surface area contributed by atoms with Gasteiger partial charge in [0.25, 0.3) is 0 Å². The van der Waals surface area contributed by atoms with Gasteiger partial charge in [-0.05, 0) is 24.6 Å². The van der Waals surface area contributed by atoms with E-state index in [1.807, 2.05) is 19.1 Å². The number of benzene rings is 1. The number of H-pyrrole nitrogens is 1. The van der Waals surface area contributed by atoms with Gasteiger partial charge in [0.05, 0.1) is 12.8 Å². The number of aryl methyl sites for hydroxylation is 1. The van der Waals surface area contributed by atoms with Crippen molar-refractivity contribution < 1.29 is 4.74 Å². The molecule has 0 amide bonds. The Kier molecular flexibility index (Phi) is 1.65. The highest BCUT2D eigenvalue weighted by Crippen LogP contribution is 2.28. The molecule has 0 aliphatic heterocycles. The quantitative estimate of drug-likeness (QED) is 0.698. The summed E-state index contributed by atoms with van der Waals surface area (Å²) in [6.45, 7) is 2.01. The molecule has 68 valence electrons. The summed E-state index contributed by atoms with van der Waals surface area (Å²) in [6.07, 6.45) is 1.80. The van der Waals surface area contributed by atoms with Crippen LogP contribution in [0.1, 0.15) is 5.56 Å². The highest BCUT2D eigenvalue weighted by Gasteiger charge is 2.04. The molecule has 2 aromatic rings. The lowest BCUT2D eigenvalue weighted by Crippen LogP contribution is -1.87. The summed E-state index contributed by atoms with van der Waals surface area (Å²) in [6, 6.07) is 3.99. The first kappa shape index (κ1) is 7.98. The zero-order chi connectivity index (χ0) is 9.42. The fourth-order valence-corrected chi connectivity index (χ4v) is 1.50. The van der Waals surface area contributed by atoms with Crippen LogP contribution in [-0.4, -0.2) is 12.1 Å². The van der Waals surface area contributed by atoms with Crippen LogP contribution in [0.3, 0.4) is 0 Å². The van der Waals surface area contributed by atoms with Crippen LogP contribution in [0.25, 0.3) is 10.9 Å². The van der Waals surface area contributed by atoms with Crippen molar-refractivity contribution in [3.63, 3.8) is 0 Å². The van der Waals surface area contributed by atoms with E-state index in [-0.39, 0.29) is 0 Å². The molecule has 1 aromatic heterocycles. The number of fused-ring (bicyclic) bond motifs is 1. The SMILES string of the molecule is COc1cc2c(N)c[nH]c2cc1C. The van der Waals surface area contributed by atoms with E-state index < -0.39 is 0 Å². The molecule has 0 atom stereocenters. The average molecular weight is 176 g/mol. The molecule has 0 aliphatic rings. The maximum absolute atomic E-state index is 5.76. The monoisotopic (exact) mass is 176 g/mol. The van der Waals surface area contributed by atoms with Crippen LogP contribution < -0.4 is 10.5 Å². The van der Waals surface area contributed by atoms with Crippen molar-refractivity contribution in [1.82, 2.24) is 4.98 Å². The normalized spacial score (nSPS) is 10.6. The molecule has 3 N–H and O–H groups in total. The van der Waals surface area contributed by atoms with Gasteiger partial charge >= 0.3 is 0 Å². The number of hydrogen-bond acceptors (Lipinski definition) is 2. The second-order valence-corrected chi connectivity index (χ2v) is 3.11. The van der Waals surface area contributed by atoms with Gasteiger partial charge in [-0.3, -0.25) is 0 Å². The molecule has 0 saturated heterocycles. The Bertz CT molecular complexity index is 445. The molecule has 3 heteroatoms. The van der Waals surface area contributed by atoms with Gasteiger partial charge in [-0.25, -0.2) is 0 Å². The second-order valence-electron chi connectivity index (χ2n) is 3.11. The molecule has 0 bridgehead atoms. The molecule has 0 aliphatic carbocycles. The Labute approximate surface area is 76.5 Å². The molecule has 2 rings (SSSR count). The summed E-state index contributed by atoms with van der Waals surface area (Å²) in [5.74, 6) is 0.874. The van der Waals surface area contributed by atoms with Crippen LogP contribution in [-0.2, 0) is 0 Å². The number of anilines is 1. The highest BCUT2D eigenvalue weighted by molar-refractivity contribution is 5.92. The molecule has 0 saturated carbocycles. The molecule has 1 aromatic carbocycles. The minimum absolute atomic E-state index is 0.758. The van der Waals surface area contributed by atoms with E-state index in [4.69, 9.17) is 10.5 Å². The zero-order valence-electron chi connectivity index (χ0n) is 7.72. The Morgan fingerprint density at radius 3 is 2.85 bits per heavy atom. The number of methoxy groups -OCH3 is 1. The molecule has 13 heavy (non-hydrogen) atoms. The van der Waals surface area contributed by atoms with Gasteiger partial charge in [0.2, 0.25) is 0 Å². The summed E-state index contributed by atoms with van der Waals surface area (Å²) in [7, 11) is 1.66. The minimum atomic E-state index is 0.758. The third kappa shape index (κ3) is 1.13. The second kappa shape index (κ2) is 2.69. The van der Waals surface area contributed by atoms with Crippen molar-refractivity contribution in [3.8, 4) is 5.75 Å². The Morgan fingerprint density at radius 1 is 1.38 bits per heavy atom. The number of aromatic amines is 1. The van der Waals surface area contributed by atoms with Crippen molar-refractivity contribution in [1.29, 1.82) is 0 Å². The van der Waals surface area contributed by atoms with Crippen molar-refractivity contribution >= 4 is 16.6 Å². The number of rotatable bonds is 1. The van der Waals surface area contributed by atoms with Crippen molar-refractivity contribution in [2.75, 3.05) is 12.8 Å². The molecule has 0 unspecified atom stereocenters. The van der Waals surface area contributed by atoms with E-state index in [2.05, 4.69) is 4.98 Å². The number of hydrogen-bond donors (Lipinski definition) is 2. The van der Waals surface area contributed by atoms with Gasteiger partial charge in [0.15, 0.2) is 0 Å². The van der Waals surface area contributed by atoms with E-state index in [0.29, 0.717) is 0 Å². The van der Waals surface area contributed by atoms with Crippen LogP contribution in [0.5, 0.6) is 5.75 Å². The molecule has 1 heterocycles. The van der Waals surface area contributed by atoms with Crippen LogP contribution in [0, 0.1) is 6.92 Å². The van der Waals surface area contributed by atoms with E-state index >= 15 is 0 Å². The zero-order valence-corrected chi connectivity index (χ0v) is 7.72. The summed E-state index contributed by atoms with van der Waals surface area (Å²) in [5.41, 5.74) is 8.68.